The summed E-state index contributed by atoms with van der Waals surface area (Å²) in [6, 6.07) is 10.3. The largest absolute Gasteiger partial charge is 0.365 e. The maximum atomic E-state index is 11.7. The average molecular weight is 219 g/mol. The van der Waals surface area contributed by atoms with Gasteiger partial charge in [0.2, 0.25) is 0 Å². The van der Waals surface area contributed by atoms with E-state index in [-0.39, 0.29) is 0 Å². The Morgan fingerprint density at radius 3 is 2.88 bits per heavy atom. The van der Waals surface area contributed by atoms with E-state index in [1.165, 1.54) is 0 Å². The van der Waals surface area contributed by atoms with Crippen LogP contribution >= 0.6 is 0 Å². The molecule has 0 unspecified atom stereocenters. The molecule has 0 aromatic heterocycles. The Morgan fingerprint density at radius 1 is 1.38 bits per heavy atom. The quantitative estimate of drug-likeness (QED) is 0.816. The van der Waals surface area contributed by atoms with E-state index in [9.17, 15) is 4.79 Å². The summed E-state index contributed by atoms with van der Waals surface area (Å²) in [6.45, 7) is 1.36. The lowest BCUT2D eigenvalue weighted by Gasteiger charge is -2.07. The van der Waals surface area contributed by atoms with Crippen molar-refractivity contribution in [1.82, 2.24) is 5.32 Å². The van der Waals surface area contributed by atoms with Crippen molar-refractivity contribution in [3.63, 3.8) is 0 Å². The number of ketones is 1. The summed E-state index contributed by atoms with van der Waals surface area (Å²) >= 11 is 0. The molecule has 3 heteroatoms. The van der Waals surface area contributed by atoms with Crippen molar-refractivity contribution >= 4 is 5.78 Å². The second-order valence-corrected chi connectivity index (χ2v) is 4.16. The molecule has 86 valence electrons. The Labute approximate surface area is 95.8 Å². The molecule has 1 aromatic rings. The third-order valence-electron chi connectivity index (χ3n) is 2.81. The van der Waals surface area contributed by atoms with E-state index in [4.69, 9.17) is 4.74 Å². The smallest absolute Gasteiger partial charge is 0.137 e. The summed E-state index contributed by atoms with van der Waals surface area (Å²) in [6.07, 6.45) is 2.07. The molecule has 0 amide bonds. The highest BCUT2D eigenvalue weighted by Gasteiger charge is 2.15. The van der Waals surface area contributed by atoms with Gasteiger partial charge in [0.05, 0.1) is 13.3 Å². The number of nitrogens with one attached hydrogen (secondary N) is 1. The topological polar surface area (TPSA) is 38.3 Å². The molecule has 1 atom stereocenters. The zero-order valence-electron chi connectivity index (χ0n) is 9.32. The van der Waals surface area contributed by atoms with Crippen LogP contribution in [0.2, 0.25) is 0 Å². The molecule has 2 rings (SSSR count). The maximum absolute atomic E-state index is 11.7. The van der Waals surface area contributed by atoms with E-state index >= 15 is 0 Å². The third-order valence-corrected chi connectivity index (χ3v) is 2.81. The van der Waals surface area contributed by atoms with Crippen molar-refractivity contribution in [2.45, 2.75) is 25.3 Å². The fourth-order valence-electron chi connectivity index (χ4n) is 1.87. The van der Waals surface area contributed by atoms with Gasteiger partial charge >= 0.3 is 0 Å². The summed E-state index contributed by atoms with van der Waals surface area (Å²) in [5, 5.41) is 3.20. The number of rotatable bonds is 5. The standard InChI is InChI=1S/C13H17NO2/c15-13(7-6-12-9-16-10-14-12)8-11-4-2-1-3-5-11/h1-5,12,14H,6-10H2/t12-/m1/s1. The van der Waals surface area contributed by atoms with Crippen molar-refractivity contribution in [2.24, 2.45) is 0 Å². The van der Waals surface area contributed by atoms with E-state index in [0.29, 0.717) is 31.4 Å². The predicted molar refractivity (Wildman–Crippen MR) is 62.1 cm³/mol. The number of benzene rings is 1. The molecule has 16 heavy (non-hydrogen) atoms. The SMILES string of the molecule is O=C(CC[C@@H]1COCN1)Cc1ccccc1. The first kappa shape index (κ1) is 11.3. The van der Waals surface area contributed by atoms with Crippen LogP contribution in [0.1, 0.15) is 18.4 Å². The molecule has 0 radical (unpaired) electrons. The maximum Gasteiger partial charge on any atom is 0.137 e. The molecule has 1 fully saturated rings. The van der Waals surface area contributed by atoms with Gasteiger partial charge in [0.1, 0.15) is 5.78 Å². The molecular formula is C13H17NO2. The summed E-state index contributed by atoms with van der Waals surface area (Å²) in [5.74, 6) is 0.305. The molecule has 1 saturated heterocycles. The Balaban J connectivity index is 1.72. The van der Waals surface area contributed by atoms with Gasteiger partial charge in [-0.2, -0.15) is 0 Å². The molecular weight excluding hydrogens is 202 g/mol. The average Bonchev–Trinajstić information content (AvgIpc) is 2.81. The van der Waals surface area contributed by atoms with Crippen LogP contribution in [0.25, 0.3) is 0 Å². The summed E-state index contributed by atoms with van der Waals surface area (Å²) in [5.41, 5.74) is 1.10. The first-order valence-corrected chi connectivity index (χ1v) is 5.71. The van der Waals surface area contributed by atoms with Crippen molar-refractivity contribution in [1.29, 1.82) is 0 Å². The number of hydrogen-bond donors (Lipinski definition) is 1. The van der Waals surface area contributed by atoms with Crippen LogP contribution in [0.4, 0.5) is 0 Å². The number of carbonyl (C=O) groups is 1. The molecule has 1 aromatic carbocycles. The number of carbonyl (C=O) groups excluding carboxylic acids is 1. The van der Waals surface area contributed by atoms with Crippen LogP contribution in [-0.4, -0.2) is 25.2 Å². The van der Waals surface area contributed by atoms with Gasteiger partial charge in [-0.3, -0.25) is 10.1 Å². The molecule has 1 N–H and O–H groups in total. The van der Waals surface area contributed by atoms with Gasteiger partial charge in [0, 0.05) is 18.9 Å². The predicted octanol–water partition coefficient (Wildman–Crippen LogP) is 1.52. The highest BCUT2D eigenvalue weighted by molar-refractivity contribution is 5.80. The minimum Gasteiger partial charge on any atom is -0.365 e. The Hall–Kier alpha value is -1.19. The van der Waals surface area contributed by atoms with E-state index in [1.54, 1.807) is 0 Å². The second kappa shape index (κ2) is 5.77. The summed E-state index contributed by atoms with van der Waals surface area (Å²) in [7, 11) is 0. The van der Waals surface area contributed by atoms with Gasteiger partial charge < -0.3 is 4.74 Å². The second-order valence-electron chi connectivity index (χ2n) is 4.16. The fourth-order valence-corrected chi connectivity index (χ4v) is 1.87. The Kier molecular flexibility index (Phi) is 4.08. The molecule has 1 aliphatic rings. The Bertz CT molecular complexity index is 331. The van der Waals surface area contributed by atoms with Crippen LogP contribution < -0.4 is 5.32 Å². The van der Waals surface area contributed by atoms with Gasteiger partial charge in [-0.1, -0.05) is 30.3 Å². The summed E-state index contributed by atoms with van der Waals surface area (Å²) in [4.78, 5) is 11.7. The third kappa shape index (κ3) is 3.43. The Morgan fingerprint density at radius 2 is 2.19 bits per heavy atom. The van der Waals surface area contributed by atoms with Gasteiger partial charge in [0.15, 0.2) is 0 Å². The van der Waals surface area contributed by atoms with Crippen LogP contribution in [-0.2, 0) is 16.0 Å². The van der Waals surface area contributed by atoms with E-state index in [1.807, 2.05) is 30.3 Å². The van der Waals surface area contributed by atoms with Gasteiger partial charge in [-0.15, -0.1) is 0 Å². The van der Waals surface area contributed by atoms with Gasteiger partial charge in [0.25, 0.3) is 0 Å². The zero-order valence-corrected chi connectivity index (χ0v) is 9.32. The van der Waals surface area contributed by atoms with E-state index in [2.05, 4.69) is 5.32 Å². The number of hydrogen-bond acceptors (Lipinski definition) is 3. The van der Waals surface area contributed by atoms with E-state index in [0.717, 1.165) is 18.6 Å². The van der Waals surface area contributed by atoms with E-state index < -0.39 is 0 Å². The monoisotopic (exact) mass is 219 g/mol. The van der Waals surface area contributed by atoms with Gasteiger partial charge in [-0.25, -0.2) is 0 Å². The highest BCUT2D eigenvalue weighted by atomic mass is 16.5. The molecule has 3 nitrogen and oxygen atoms in total. The van der Waals surface area contributed by atoms with Crippen molar-refractivity contribution < 1.29 is 9.53 Å². The zero-order chi connectivity index (χ0) is 11.2. The fraction of sp³-hybridized carbons (Fsp3) is 0.462. The number of Topliss-reactive ketones (excluding diaryl/α,β-unsaturated/α-hetero) is 1. The number of ether oxygens (including phenoxy) is 1. The lowest BCUT2D eigenvalue weighted by Crippen LogP contribution is -2.24. The molecule has 0 saturated carbocycles. The molecule has 1 heterocycles. The summed E-state index contributed by atoms with van der Waals surface area (Å²) < 4.78 is 5.19. The molecule has 0 aliphatic carbocycles. The minimum absolute atomic E-state index is 0.305. The van der Waals surface area contributed by atoms with Gasteiger partial charge in [-0.05, 0) is 12.0 Å². The minimum atomic E-state index is 0.305. The lowest BCUT2D eigenvalue weighted by atomic mass is 10.0. The molecule has 0 spiro atoms. The molecule has 0 bridgehead atoms. The van der Waals surface area contributed by atoms with Crippen molar-refractivity contribution in [3.05, 3.63) is 35.9 Å². The molecule has 1 aliphatic heterocycles. The van der Waals surface area contributed by atoms with Crippen molar-refractivity contribution in [3.8, 4) is 0 Å². The highest BCUT2D eigenvalue weighted by Crippen LogP contribution is 2.07. The first-order chi connectivity index (χ1) is 7.84. The van der Waals surface area contributed by atoms with Crippen LogP contribution in [0.3, 0.4) is 0 Å². The lowest BCUT2D eigenvalue weighted by molar-refractivity contribution is -0.118. The van der Waals surface area contributed by atoms with Crippen LogP contribution in [0, 0.1) is 0 Å². The van der Waals surface area contributed by atoms with Crippen LogP contribution in [0.5, 0.6) is 0 Å². The normalized spacial score (nSPS) is 19.9. The van der Waals surface area contributed by atoms with Crippen LogP contribution in [0.15, 0.2) is 30.3 Å². The first-order valence-electron chi connectivity index (χ1n) is 5.71. The van der Waals surface area contributed by atoms with Crippen molar-refractivity contribution in [2.75, 3.05) is 13.3 Å².